The molecule has 1 heterocycles. The van der Waals surface area contributed by atoms with E-state index in [1.54, 1.807) is 6.08 Å². The summed E-state index contributed by atoms with van der Waals surface area (Å²) in [7, 11) is 0. The van der Waals surface area contributed by atoms with Crippen molar-refractivity contribution in [1.29, 1.82) is 0 Å². The van der Waals surface area contributed by atoms with Crippen molar-refractivity contribution in [3.63, 3.8) is 0 Å². The van der Waals surface area contributed by atoms with Gasteiger partial charge in [-0.15, -0.1) is 0 Å². The number of hydrogen-bond donors (Lipinski definition) is 6. The Bertz CT molecular complexity index is 1250. The first-order valence-electron chi connectivity index (χ1n) is 32.5. The van der Waals surface area contributed by atoms with Crippen molar-refractivity contribution in [1.82, 2.24) is 5.32 Å². The Balaban J connectivity index is 1.96. The number of esters is 1. The van der Waals surface area contributed by atoms with E-state index in [4.69, 9.17) is 14.2 Å². The van der Waals surface area contributed by atoms with Gasteiger partial charge in [-0.05, 0) is 32.1 Å². The van der Waals surface area contributed by atoms with Gasteiger partial charge in [0, 0.05) is 12.8 Å². The van der Waals surface area contributed by atoms with Crippen LogP contribution in [0.25, 0.3) is 0 Å². The molecule has 0 saturated carbocycles. The molecule has 0 aliphatic carbocycles. The molecule has 0 aromatic rings. The number of aliphatic hydroxyl groups is 5. The standard InChI is InChI=1S/C64H123NO10/c1-3-5-7-9-11-13-31-36-40-44-48-52-60(69)73-53-49-45-41-37-33-30-28-26-24-22-20-18-16-15-17-19-21-23-25-27-29-32-35-39-43-47-51-59(68)65-56(55-74-64-63(72)62(71)61(70)58(54-66)75-64)57(67)50-46-42-38-34-14-12-10-8-6-4-2/h46,50,56-58,61-64,66-67,70-72H,3-45,47-49,51-55H2,1-2H3,(H,65,68)/b50-46+. The van der Waals surface area contributed by atoms with E-state index in [9.17, 15) is 35.1 Å². The fourth-order valence-electron chi connectivity index (χ4n) is 10.5. The SMILES string of the molecule is CCCCCCCCCC/C=C/C(O)C(COC1OC(CO)C(O)C(O)C1O)NC(=O)CCCCCCCCCCCCCCCCCCCCCCCCCCCCOC(=O)CCCCCCCCCCCCC. The fraction of sp³-hybridized carbons (Fsp3) is 0.938. The lowest BCUT2D eigenvalue weighted by Crippen LogP contribution is -2.60. The Hall–Kier alpha value is -1.60. The number of carbonyl (C=O) groups excluding carboxylic acids is 2. The lowest BCUT2D eigenvalue weighted by atomic mass is 9.99. The Morgan fingerprint density at radius 3 is 1.24 bits per heavy atom. The molecule has 7 unspecified atom stereocenters. The maximum absolute atomic E-state index is 13.0. The highest BCUT2D eigenvalue weighted by atomic mass is 16.7. The minimum atomic E-state index is -1.57. The third-order valence-electron chi connectivity index (χ3n) is 15.7. The minimum absolute atomic E-state index is 0.00739. The highest BCUT2D eigenvalue weighted by molar-refractivity contribution is 5.76. The topological polar surface area (TPSA) is 175 Å². The molecule has 75 heavy (non-hydrogen) atoms. The van der Waals surface area contributed by atoms with Crippen LogP contribution in [-0.4, -0.2) is 100 Å². The lowest BCUT2D eigenvalue weighted by molar-refractivity contribution is -0.302. The zero-order chi connectivity index (χ0) is 54.5. The van der Waals surface area contributed by atoms with Crippen molar-refractivity contribution in [2.24, 2.45) is 0 Å². The molecule has 11 heteroatoms. The van der Waals surface area contributed by atoms with Gasteiger partial charge in [-0.1, -0.05) is 289 Å². The maximum Gasteiger partial charge on any atom is 0.305 e. The molecule has 1 fully saturated rings. The molecule has 0 bridgehead atoms. The van der Waals surface area contributed by atoms with Gasteiger partial charge in [0.2, 0.25) is 5.91 Å². The summed E-state index contributed by atoms with van der Waals surface area (Å²) in [5, 5.41) is 54.3. The fourth-order valence-corrected chi connectivity index (χ4v) is 10.5. The minimum Gasteiger partial charge on any atom is -0.466 e. The summed E-state index contributed by atoms with van der Waals surface area (Å²) in [6.45, 7) is 4.35. The summed E-state index contributed by atoms with van der Waals surface area (Å²) in [5.41, 5.74) is 0. The molecule has 0 aromatic heterocycles. The number of rotatable bonds is 57. The van der Waals surface area contributed by atoms with Gasteiger partial charge < -0.3 is 45.1 Å². The molecular formula is C64H123NO10. The number of allylic oxidation sites excluding steroid dienone is 1. The summed E-state index contributed by atoms with van der Waals surface area (Å²) in [5.74, 6) is -0.172. The van der Waals surface area contributed by atoms with Crippen molar-refractivity contribution in [3.05, 3.63) is 12.2 Å². The molecule has 1 rings (SSSR count). The van der Waals surface area contributed by atoms with E-state index in [0.29, 0.717) is 19.4 Å². The zero-order valence-electron chi connectivity index (χ0n) is 49.0. The smallest absolute Gasteiger partial charge is 0.305 e. The molecule has 0 spiro atoms. The molecule has 1 aliphatic heterocycles. The number of ether oxygens (including phenoxy) is 3. The number of carbonyl (C=O) groups is 2. The predicted molar refractivity (Wildman–Crippen MR) is 311 cm³/mol. The number of unbranched alkanes of at least 4 members (excludes halogenated alkanes) is 43. The monoisotopic (exact) mass is 1070 g/mol. The third-order valence-corrected chi connectivity index (χ3v) is 15.7. The lowest BCUT2D eigenvalue weighted by Gasteiger charge is -2.40. The van der Waals surface area contributed by atoms with Crippen LogP contribution < -0.4 is 5.32 Å². The van der Waals surface area contributed by atoms with Gasteiger partial charge in [0.05, 0.1) is 32.0 Å². The number of nitrogens with one attached hydrogen (secondary N) is 1. The zero-order valence-corrected chi connectivity index (χ0v) is 49.0. The molecular weight excluding hydrogens is 943 g/mol. The molecule has 0 aromatic carbocycles. The molecule has 1 amide bonds. The average molecular weight is 1070 g/mol. The molecule has 0 radical (unpaired) electrons. The maximum atomic E-state index is 13.0. The van der Waals surface area contributed by atoms with Crippen LogP contribution in [0.1, 0.15) is 322 Å². The Morgan fingerprint density at radius 2 is 0.840 bits per heavy atom. The molecule has 1 aliphatic rings. The van der Waals surface area contributed by atoms with E-state index in [1.807, 2.05) is 6.08 Å². The molecule has 444 valence electrons. The van der Waals surface area contributed by atoms with E-state index >= 15 is 0 Å². The highest BCUT2D eigenvalue weighted by Gasteiger charge is 2.44. The number of aliphatic hydroxyl groups excluding tert-OH is 5. The summed E-state index contributed by atoms with van der Waals surface area (Å²) < 4.78 is 16.7. The Kier molecular flexibility index (Phi) is 51.8. The largest absolute Gasteiger partial charge is 0.466 e. The van der Waals surface area contributed by atoms with Gasteiger partial charge in [-0.3, -0.25) is 9.59 Å². The summed E-state index contributed by atoms with van der Waals surface area (Å²) in [6.07, 6.45) is 54.8. The van der Waals surface area contributed by atoms with Gasteiger partial charge in [0.25, 0.3) is 0 Å². The van der Waals surface area contributed by atoms with Crippen LogP contribution in [-0.2, 0) is 23.8 Å². The Labute approximate surface area is 461 Å². The van der Waals surface area contributed by atoms with E-state index < -0.39 is 49.5 Å². The van der Waals surface area contributed by atoms with Gasteiger partial charge in [-0.2, -0.15) is 0 Å². The van der Waals surface area contributed by atoms with Gasteiger partial charge >= 0.3 is 5.97 Å². The number of amides is 1. The quantitative estimate of drug-likeness (QED) is 0.0195. The third kappa shape index (κ3) is 43.9. The van der Waals surface area contributed by atoms with Crippen molar-refractivity contribution in [2.75, 3.05) is 19.8 Å². The van der Waals surface area contributed by atoms with Crippen molar-refractivity contribution < 1.29 is 49.3 Å². The van der Waals surface area contributed by atoms with Crippen LogP contribution in [0.2, 0.25) is 0 Å². The normalized spacial score (nSPS) is 18.7. The second kappa shape index (κ2) is 54.4. The highest BCUT2D eigenvalue weighted by Crippen LogP contribution is 2.23. The van der Waals surface area contributed by atoms with Gasteiger partial charge in [0.1, 0.15) is 24.4 Å². The molecule has 1 saturated heterocycles. The first kappa shape index (κ1) is 71.4. The average Bonchev–Trinajstić information content (AvgIpc) is 3.41. The van der Waals surface area contributed by atoms with Crippen molar-refractivity contribution in [2.45, 2.75) is 365 Å². The van der Waals surface area contributed by atoms with Crippen LogP contribution in [0.3, 0.4) is 0 Å². The van der Waals surface area contributed by atoms with E-state index in [2.05, 4.69) is 19.2 Å². The molecule has 7 atom stereocenters. The van der Waals surface area contributed by atoms with Crippen LogP contribution in [0, 0.1) is 0 Å². The van der Waals surface area contributed by atoms with Crippen molar-refractivity contribution in [3.8, 4) is 0 Å². The second-order valence-corrected chi connectivity index (χ2v) is 22.8. The Morgan fingerprint density at radius 1 is 0.480 bits per heavy atom. The van der Waals surface area contributed by atoms with E-state index in [1.165, 1.54) is 238 Å². The second-order valence-electron chi connectivity index (χ2n) is 22.8. The van der Waals surface area contributed by atoms with Crippen molar-refractivity contribution >= 4 is 11.9 Å². The van der Waals surface area contributed by atoms with Crippen LogP contribution in [0.4, 0.5) is 0 Å². The molecule has 6 N–H and O–H groups in total. The summed E-state index contributed by atoms with van der Waals surface area (Å²) in [4.78, 5) is 25.0. The van der Waals surface area contributed by atoms with Crippen LogP contribution in [0.15, 0.2) is 12.2 Å². The van der Waals surface area contributed by atoms with E-state index in [-0.39, 0.29) is 18.5 Å². The van der Waals surface area contributed by atoms with Crippen LogP contribution in [0.5, 0.6) is 0 Å². The predicted octanol–water partition coefficient (Wildman–Crippen LogP) is 15.5. The van der Waals surface area contributed by atoms with Gasteiger partial charge in [-0.25, -0.2) is 0 Å². The first-order valence-corrected chi connectivity index (χ1v) is 32.5. The number of hydrogen-bond acceptors (Lipinski definition) is 10. The summed E-state index contributed by atoms with van der Waals surface area (Å²) in [6, 6.07) is -0.806. The first-order chi connectivity index (χ1) is 36.7. The molecule has 11 nitrogen and oxygen atoms in total. The summed E-state index contributed by atoms with van der Waals surface area (Å²) >= 11 is 0. The van der Waals surface area contributed by atoms with E-state index in [0.717, 1.165) is 57.8 Å². The van der Waals surface area contributed by atoms with Gasteiger partial charge in [0.15, 0.2) is 6.29 Å². The van der Waals surface area contributed by atoms with Crippen LogP contribution >= 0.6 is 0 Å².